The molecule has 1 aromatic heterocycles. The number of carbonyl (C=O) groups excluding carboxylic acids is 1. The summed E-state index contributed by atoms with van der Waals surface area (Å²) in [6, 6.07) is 16.0. The van der Waals surface area contributed by atoms with Crippen LogP contribution in [-0.4, -0.2) is 21.7 Å². The lowest BCUT2D eigenvalue weighted by Crippen LogP contribution is -2.28. The van der Waals surface area contributed by atoms with Gasteiger partial charge >= 0.3 is 5.97 Å². The monoisotopic (exact) mass is 403 g/mol. The number of hydrogen-bond acceptors (Lipinski definition) is 3. The zero-order valence-corrected chi connectivity index (χ0v) is 16.1. The van der Waals surface area contributed by atoms with Crippen molar-refractivity contribution in [2.24, 2.45) is 0 Å². The summed E-state index contributed by atoms with van der Waals surface area (Å²) in [5.74, 6) is -0.325. The number of halogens is 1. The maximum atomic E-state index is 11.9. The number of rotatable bonds is 5. The molecule has 1 N–H and O–H groups in total. The Labute approximate surface area is 157 Å². The Morgan fingerprint density at radius 1 is 1.04 bits per heavy atom. The Bertz CT molecular complexity index is 926. The molecule has 0 aliphatic rings. The Morgan fingerprint density at radius 3 is 2.24 bits per heavy atom. The van der Waals surface area contributed by atoms with E-state index >= 15 is 0 Å². The Morgan fingerprint density at radius 2 is 1.64 bits per heavy atom. The number of aryl methyl sites for hydroxylation is 1. The molecule has 25 heavy (non-hydrogen) atoms. The fourth-order valence-electron chi connectivity index (χ4n) is 2.83. The minimum atomic E-state index is -0.325. The first-order valence-corrected chi connectivity index (χ1v) is 8.04. The van der Waals surface area contributed by atoms with Gasteiger partial charge in [0.15, 0.2) is 0 Å². The van der Waals surface area contributed by atoms with Gasteiger partial charge in [0.2, 0.25) is 5.62 Å². The highest BCUT2D eigenvalue weighted by atomic mass is 79.9. The molecule has 0 amide bonds. The highest BCUT2D eigenvalue weighted by molar-refractivity contribution is 8.93. The van der Waals surface area contributed by atoms with Crippen LogP contribution in [0.1, 0.15) is 18.1 Å². The molecule has 1 heterocycles. The average Bonchev–Trinajstić information content (AvgIpc) is 2.83. The third-order valence-corrected chi connectivity index (χ3v) is 4.03. The summed E-state index contributed by atoms with van der Waals surface area (Å²) in [7, 11) is 0. The minimum absolute atomic E-state index is 0. The molecule has 0 unspecified atom stereocenters. The van der Waals surface area contributed by atoms with Crippen LogP contribution in [0.2, 0.25) is 0 Å². The molecule has 0 radical (unpaired) electrons. The van der Waals surface area contributed by atoms with Crippen LogP contribution < -0.4 is 5.62 Å². The van der Waals surface area contributed by atoms with E-state index in [1.54, 1.807) is 11.5 Å². The van der Waals surface area contributed by atoms with Crippen molar-refractivity contribution in [3.05, 3.63) is 65.3 Å². The Balaban J connectivity index is 0.00000225. The van der Waals surface area contributed by atoms with Gasteiger partial charge in [-0.3, -0.25) is 14.8 Å². The summed E-state index contributed by atoms with van der Waals surface area (Å²) < 4.78 is 8.65. The van der Waals surface area contributed by atoms with E-state index in [4.69, 9.17) is 10.1 Å². The molecule has 5 nitrogen and oxygen atoms in total. The first kappa shape index (κ1) is 19.0. The van der Waals surface area contributed by atoms with E-state index in [1.807, 2.05) is 28.8 Å². The van der Waals surface area contributed by atoms with E-state index in [0.29, 0.717) is 18.8 Å². The highest BCUT2D eigenvalue weighted by Gasteiger charge is 2.14. The van der Waals surface area contributed by atoms with Gasteiger partial charge in [-0.2, -0.15) is 0 Å². The van der Waals surface area contributed by atoms with Crippen LogP contribution in [0.25, 0.3) is 11.0 Å². The molecule has 132 valence electrons. The van der Waals surface area contributed by atoms with Crippen molar-refractivity contribution < 1.29 is 9.53 Å². The van der Waals surface area contributed by atoms with E-state index in [0.717, 1.165) is 16.6 Å². The number of hydrogen-bond donors (Lipinski definition) is 1. The van der Waals surface area contributed by atoms with Crippen LogP contribution in [0.3, 0.4) is 0 Å². The Kier molecular flexibility index (Phi) is 6.20. The second-order valence-electron chi connectivity index (χ2n) is 5.78. The van der Waals surface area contributed by atoms with Gasteiger partial charge in [-0.25, -0.2) is 0 Å². The van der Waals surface area contributed by atoms with Crippen molar-refractivity contribution in [3.8, 4) is 0 Å². The summed E-state index contributed by atoms with van der Waals surface area (Å²) in [5.41, 5.74) is 4.43. The van der Waals surface area contributed by atoms with E-state index in [-0.39, 0.29) is 29.5 Å². The van der Waals surface area contributed by atoms with Crippen LogP contribution in [0.5, 0.6) is 0 Å². The number of esters is 1. The molecular formula is C19H22BrN3O2. The van der Waals surface area contributed by atoms with Crippen molar-refractivity contribution in [1.82, 2.24) is 9.13 Å². The van der Waals surface area contributed by atoms with Gasteiger partial charge in [0.05, 0.1) is 24.2 Å². The van der Waals surface area contributed by atoms with Gasteiger partial charge in [0.25, 0.3) is 0 Å². The van der Waals surface area contributed by atoms with Gasteiger partial charge in [0, 0.05) is 0 Å². The largest absolute Gasteiger partial charge is 0.465 e. The number of nitrogens with zero attached hydrogens (tertiary/aromatic N) is 2. The number of benzene rings is 2. The molecule has 0 atom stereocenters. The summed E-state index contributed by atoms with van der Waals surface area (Å²) in [5, 5.41) is 8.51. The second kappa shape index (κ2) is 8.16. The average molecular weight is 404 g/mol. The molecule has 3 aromatic rings. The van der Waals surface area contributed by atoms with Gasteiger partial charge in [-0.15, -0.1) is 17.0 Å². The number of carbonyl (C=O) groups is 1. The number of imidazole rings is 1. The summed E-state index contributed by atoms with van der Waals surface area (Å²) in [6.45, 7) is 4.82. The molecule has 0 aliphatic heterocycles. The molecule has 0 saturated carbocycles. The van der Waals surface area contributed by atoms with Crippen molar-refractivity contribution in [2.45, 2.75) is 26.9 Å². The van der Waals surface area contributed by atoms with Gasteiger partial charge in [0.1, 0.15) is 6.54 Å². The number of para-hydroxylation sites is 2. The lowest BCUT2D eigenvalue weighted by atomic mass is 10.1. The normalized spacial score (nSPS) is 10.5. The predicted molar refractivity (Wildman–Crippen MR) is 103 cm³/mol. The molecular weight excluding hydrogens is 382 g/mol. The van der Waals surface area contributed by atoms with Gasteiger partial charge in [-0.05, 0) is 31.5 Å². The molecule has 3 rings (SSSR count). The van der Waals surface area contributed by atoms with E-state index in [1.165, 1.54) is 5.56 Å². The second-order valence-corrected chi connectivity index (χ2v) is 5.78. The topological polar surface area (TPSA) is 60.0 Å². The third-order valence-electron chi connectivity index (χ3n) is 4.03. The summed E-state index contributed by atoms with van der Waals surface area (Å²) in [6.07, 6.45) is 0. The predicted octanol–water partition coefficient (Wildman–Crippen LogP) is 3.42. The molecule has 0 bridgehead atoms. The van der Waals surface area contributed by atoms with Crippen LogP contribution in [-0.2, 0) is 22.6 Å². The molecule has 0 saturated heterocycles. The van der Waals surface area contributed by atoms with Gasteiger partial charge in [-0.1, -0.05) is 42.0 Å². The van der Waals surface area contributed by atoms with Gasteiger partial charge < -0.3 is 9.30 Å². The third kappa shape index (κ3) is 4.02. The zero-order valence-electron chi connectivity index (χ0n) is 14.4. The maximum Gasteiger partial charge on any atom is 0.326 e. The first-order valence-electron chi connectivity index (χ1n) is 8.04. The maximum absolute atomic E-state index is 11.9. The number of nitrogens with one attached hydrogen (secondary N) is 1. The number of fused-ring (bicyclic) bond motifs is 1. The van der Waals surface area contributed by atoms with Crippen LogP contribution in [0.4, 0.5) is 0 Å². The molecule has 0 spiro atoms. The lowest BCUT2D eigenvalue weighted by molar-refractivity contribution is -0.143. The smallest absolute Gasteiger partial charge is 0.326 e. The molecule has 6 heteroatoms. The van der Waals surface area contributed by atoms with E-state index < -0.39 is 0 Å². The lowest BCUT2D eigenvalue weighted by Gasteiger charge is -2.06. The fourth-order valence-corrected chi connectivity index (χ4v) is 2.83. The summed E-state index contributed by atoms with van der Waals surface area (Å²) in [4.78, 5) is 11.9. The van der Waals surface area contributed by atoms with Crippen LogP contribution in [0, 0.1) is 12.3 Å². The van der Waals surface area contributed by atoms with Crippen molar-refractivity contribution in [2.75, 3.05) is 6.61 Å². The van der Waals surface area contributed by atoms with Crippen LogP contribution >= 0.6 is 17.0 Å². The summed E-state index contributed by atoms with van der Waals surface area (Å²) >= 11 is 0. The van der Waals surface area contributed by atoms with Crippen molar-refractivity contribution >= 4 is 34.0 Å². The standard InChI is InChI=1S/C19H21N3O2.BrH/c1-3-24-18(23)13-22-17-7-5-4-6-16(17)21(19(22)20)12-15-10-8-14(2)9-11-15;/h4-11,20H,3,12-13H2,1-2H3;1H. The molecule has 2 aromatic carbocycles. The molecule has 0 fully saturated rings. The quantitative estimate of drug-likeness (QED) is 0.663. The highest BCUT2D eigenvalue weighted by Crippen LogP contribution is 2.15. The van der Waals surface area contributed by atoms with E-state index in [2.05, 4.69) is 31.2 Å². The SMILES string of the molecule is Br.CCOC(=O)Cn1c(=N)n(Cc2ccc(C)cc2)c2ccccc21. The fraction of sp³-hybridized carbons (Fsp3) is 0.263. The Hall–Kier alpha value is -2.34. The van der Waals surface area contributed by atoms with E-state index in [9.17, 15) is 4.79 Å². The van der Waals surface area contributed by atoms with Crippen LogP contribution in [0.15, 0.2) is 48.5 Å². The molecule has 0 aliphatic carbocycles. The first-order chi connectivity index (χ1) is 11.6. The zero-order chi connectivity index (χ0) is 17.1. The van der Waals surface area contributed by atoms with Crippen molar-refractivity contribution in [3.63, 3.8) is 0 Å². The number of ether oxygens (including phenoxy) is 1. The van der Waals surface area contributed by atoms with Crippen molar-refractivity contribution in [1.29, 1.82) is 5.41 Å². The number of aromatic nitrogens is 2. The minimum Gasteiger partial charge on any atom is -0.465 e.